The molecule has 35 heavy (non-hydrogen) atoms. The molecule has 0 aromatic heterocycles. The molecule has 0 radical (unpaired) electrons. The summed E-state index contributed by atoms with van der Waals surface area (Å²) in [4.78, 5) is 22.6. The zero-order chi connectivity index (χ0) is 24.5. The third kappa shape index (κ3) is 5.77. The number of nitro groups is 1. The van der Waals surface area contributed by atoms with Gasteiger partial charge in [-0.3, -0.25) is 15.4 Å². The number of non-ortho nitro benzene ring substituents is 1. The molecule has 1 N–H and O–H groups in total. The fourth-order valence-corrected chi connectivity index (χ4v) is 4.53. The van der Waals surface area contributed by atoms with Crippen LogP contribution in [0.25, 0.3) is 0 Å². The molecular formula is C28H24N2O4S. The van der Waals surface area contributed by atoms with Crippen molar-refractivity contribution in [3.8, 4) is 5.75 Å². The van der Waals surface area contributed by atoms with Gasteiger partial charge in [-0.1, -0.05) is 91.0 Å². The lowest BCUT2D eigenvalue weighted by Gasteiger charge is -2.37. The van der Waals surface area contributed by atoms with E-state index in [0.29, 0.717) is 12.3 Å². The van der Waals surface area contributed by atoms with Gasteiger partial charge in [-0.15, -0.1) is 0 Å². The fourth-order valence-electron chi connectivity index (χ4n) is 4.01. The molecule has 0 aliphatic rings. The predicted molar refractivity (Wildman–Crippen MR) is 139 cm³/mol. The van der Waals surface area contributed by atoms with E-state index in [-0.39, 0.29) is 11.4 Å². The van der Waals surface area contributed by atoms with Gasteiger partial charge in [-0.25, -0.2) is 4.79 Å². The van der Waals surface area contributed by atoms with Crippen molar-refractivity contribution in [3.05, 3.63) is 142 Å². The zero-order valence-electron chi connectivity index (χ0n) is 18.9. The summed E-state index contributed by atoms with van der Waals surface area (Å²) in [5, 5.41) is 14.0. The molecule has 4 rings (SSSR count). The van der Waals surface area contributed by atoms with Gasteiger partial charge in [0.1, 0.15) is 5.75 Å². The van der Waals surface area contributed by atoms with Gasteiger partial charge in [0.05, 0.1) is 10.5 Å². The number of hydrogen-bond acceptors (Lipinski definition) is 6. The summed E-state index contributed by atoms with van der Waals surface area (Å²) in [6, 6.07) is 36.2. The van der Waals surface area contributed by atoms with Crippen LogP contribution in [0.3, 0.4) is 0 Å². The summed E-state index contributed by atoms with van der Waals surface area (Å²) in [6.45, 7) is 0.526. The summed E-state index contributed by atoms with van der Waals surface area (Å²) < 4.78 is 5.31. The van der Waals surface area contributed by atoms with E-state index in [1.807, 2.05) is 54.6 Å². The molecule has 0 fully saturated rings. The summed E-state index contributed by atoms with van der Waals surface area (Å²) in [6.07, 6.45) is 0. The van der Waals surface area contributed by atoms with Gasteiger partial charge in [-0.05, 0) is 40.6 Å². The molecule has 0 spiro atoms. The predicted octanol–water partition coefficient (Wildman–Crippen LogP) is 6.41. The van der Waals surface area contributed by atoms with Crippen molar-refractivity contribution in [2.45, 2.75) is 5.54 Å². The summed E-state index contributed by atoms with van der Waals surface area (Å²) >= 11 is 1.05. The Balaban J connectivity index is 1.50. The number of nitrogens with zero attached hydrogens (tertiary/aromatic N) is 1. The molecule has 0 heterocycles. The maximum absolute atomic E-state index is 12.3. The van der Waals surface area contributed by atoms with E-state index in [1.54, 1.807) is 0 Å². The monoisotopic (exact) mass is 484 g/mol. The van der Waals surface area contributed by atoms with Crippen molar-refractivity contribution in [2.24, 2.45) is 0 Å². The Kier molecular flexibility index (Phi) is 7.92. The van der Waals surface area contributed by atoms with Gasteiger partial charge >= 0.3 is 5.30 Å². The van der Waals surface area contributed by atoms with Gasteiger partial charge in [0.15, 0.2) is 0 Å². The lowest BCUT2D eigenvalue weighted by atomic mass is 9.77. The molecule has 176 valence electrons. The molecule has 0 aliphatic heterocycles. The Hall–Kier alpha value is -3.94. The average molecular weight is 485 g/mol. The van der Waals surface area contributed by atoms with Crippen LogP contribution in [0.2, 0.25) is 0 Å². The number of nitro benzene ring substituents is 1. The van der Waals surface area contributed by atoms with E-state index in [1.165, 1.54) is 24.3 Å². The first-order valence-electron chi connectivity index (χ1n) is 11.1. The highest BCUT2D eigenvalue weighted by Gasteiger charge is 2.35. The summed E-state index contributed by atoms with van der Waals surface area (Å²) in [5.41, 5.74) is 2.62. The highest BCUT2D eigenvalue weighted by atomic mass is 32.2. The Bertz CT molecular complexity index is 1150. The highest BCUT2D eigenvalue weighted by Crippen LogP contribution is 2.36. The molecular weight excluding hydrogens is 460 g/mol. The highest BCUT2D eigenvalue weighted by molar-refractivity contribution is 8.13. The van der Waals surface area contributed by atoms with Crippen LogP contribution in [-0.2, 0) is 5.54 Å². The second-order valence-electron chi connectivity index (χ2n) is 7.73. The summed E-state index contributed by atoms with van der Waals surface area (Å²) in [7, 11) is 0. The molecule has 6 nitrogen and oxygen atoms in total. The quantitative estimate of drug-likeness (QED) is 0.0972. The fraction of sp³-hybridized carbons (Fsp3) is 0.107. The molecule has 0 unspecified atom stereocenters. The Morgan fingerprint density at radius 1 is 0.771 bits per heavy atom. The van der Waals surface area contributed by atoms with Crippen LogP contribution < -0.4 is 10.1 Å². The van der Waals surface area contributed by atoms with E-state index in [2.05, 4.69) is 41.7 Å². The second-order valence-corrected chi connectivity index (χ2v) is 8.76. The molecule has 0 saturated heterocycles. The van der Waals surface area contributed by atoms with Crippen LogP contribution in [0, 0.1) is 10.1 Å². The zero-order valence-corrected chi connectivity index (χ0v) is 19.7. The van der Waals surface area contributed by atoms with Crippen LogP contribution in [0.5, 0.6) is 5.75 Å². The van der Waals surface area contributed by atoms with E-state index in [9.17, 15) is 14.9 Å². The maximum Gasteiger partial charge on any atom is 0.372 e. The van der Waals surface area contributed by atoms with Crippen molar-refractivity contribution in [2.75, 3.05) is 12.3 Å². The van der Waals surface area contributed by atoms with Crippen LogP contribution in [0.15, 0.2) is 115 Å². The lowest BCUT2D eigenvalue weighted by Crippen LogP contribution is -2.45. The first kappa shape index (κ1) is 24.2. The van der Waals surface area contributed by atoms with Gasteiger partial charge in [0.2, 0.25) is 0 Å². The van der Waals surface area contributed by atoms with E-state index < -0.39 is 15.8 Å². The molecule has 7 heteroatoms. The first-order valence-corrected chi connectivity index (χ1v) is 12.1. The van der Waals surface area contributed by atoms with Crippen molar-refractivity contribution in [1.82, 2.24) is 5.32 Å². The molecule has 4 aromatic carbocycles. The third-order valence-corrected chi connectivity index (χ3v) is 6.31. The van der Waals surface area contributed by atoms with E-state index in [4.69, 9.17) is 4.74 Å². The van der Waals surface area contributed by atoms with Crippen LogP contribution in [0.4, 0.5) is 10.5 Å². The Morgan fingerprint density at radius 3 is 1.66 bits per heavy atom. The minimum Gasteiger partial charge on any atom is -0.418 e. The number of carbonyl (C=O) groups is 1. The Morgan fingerprint density at radius 2 is 1.23 bits per heavy atom. The van der Waals surface area contributed by atoms with E-state index >= 15 is 0 Å². The molecule has 4 aromatic rings. The molecule has 0 amide bonds. The van der Waals surface area contributed by atoms with Gasteiger partial charge in [0, 0.05) is 24.4 Å². The molecule has 0 bridgehead atoms. The van der Waals surface area contributed by atoms with E-state index in [0.717, 1.165) is 28.5 Å². The van der Waals surface area contributed by atoms with Gasteiger partial charge < -0.3 is 4.74 Å². The topological polar surface area (TPSA) is 81.5 Å². The number of thioether (sulfide) groups is 1. The average Bonchev–Trinajstić information content (AvgIpc) is 2.91. The number of ether oxygens (including phenoxy) is 1. The standard InChI is InChI=1S/C28H24N2O4S/c31-27(34-26-18-16-25(17-19-26)30(32)33)35-21-20-29-28(22-10-4-1-5-11-22,23-12-6-2-7-13-23)24-14-8-3-9-15-24/h1-19,29H,20-21H2. The van der Waals surface area contributed by atoms with Crippen LogP contribution >= 0.6 is 11.8 Å². The number of rotatable bonds is 9. The first-order chi connectivity index (χ1) is 17.1. The smallest absolute Gasteiger partial charge is 0.372 e. The molecule has 0 atom stereocenters. The molecule has 0 saturated carbocycles. The summed E-state index contributed by atoms with van der Waals surface area (Å²) in [5.74, 6) is 0.744. The van der Waals surface area contributed by atoms with Crippen molar-refractivity contribution in [1.29, 1.82) is 0 Å². The minimum atomic E-state index is -0.605. The number of nitrogens with one attached hydrogen (secondary N) is 1. The lowest BCUT2D eigenvalue weighted by molar-refractivity contribution is -0.384. The van der Waals surface area contributed by atoms with Crippen molar-refractivity contribution in [3.63, 3.8) is 0 Å². The number of hydrogen-bond donors (Lipinski definition) is 1. The van der Waals surface area contributed by atoms with Crippen molar-refractivity contribution < 1.29 is 14.5 Å². The Labute approximate surface area is 208 Å². The third-order valence-electron chi connectivity index (χ3n) is 5.58. The minimum absolute atomic E-state index is 0.0549. The number of carbonyl (C=O) groups excluding carboxylic acids is 1. The van der Waals surface area contributed by atoms with Crippen LogP contribution in [0.1, 0.15) is 16.7 Å². The maximum atomic E-state index is 12.3. The van der Waals surface area contributed by atoms with Gasteiger partial charge in [0.25, 0.3) is 5.69 Å². The number of benzene rings is 4. The van der Waals surface area contributed by atoms with Gasteiger partial charge in [-0.2, -0.15) is 0 Å². The second kappa shape index (κ2) is 11.5. The van der Waals surface area contributed by atoms with Crippen LogP contribution in [-0.4, -0.2) is 22.5 Å². The normalized spacial score (nSPS) is 11.1. The largest absolute Gasteiger partial charge is 0.418 e. The van der Waals surface area contributed by atoms with Crippen molar-refractivity contribution >= 4 is 22.8 Å². The SMILES string of the molecule is O=C(Oc1ccc([N+](=O)[O-])cc1)SCCNC(c1ccccc1)(c1ccccc1)c1ccccc1. The molecule has 0 aliphatic carbocycles.